The summed E-state index contributed by atoms with van der Waals surface area (Å²) < 4.78 is 0.520. The maximum absolute atomic E-state index is 11.9. The lowest BCUT2D eigenvalue weighted by molar-refractivity contribution is -0.385. The molecule has 0 radical (unpaired) electrons. The number of non-ortho nitro benzene ring substituents is 1. The van der Waals surface area contributed by atoms with E-state index >= 15 is 0 Å². The minimum atomic E-state index is -0.515. The molecular formula is C11H12BrN3O3. The molecular weight excluding hydrogens is 302 g/mol. The summed E-state index contributed by atoms with van der Waals surface area (Å²) in [6, 6.07) is 4.32. The van der Waals surface area contributed by atoms with Crippen LogP contribution in [0.1, 0.15) is 16.8 Å². The van der Waals surface area contributed by atoms with Crippen molar-refractivity contribution in [2.24, 2.45) is 0 Å². The van der Waals surface area contributed by atoms with Gasteiger partial charge in [0.25, 0.3) is 11.6 Å². The Kier molecular flexibility index (Phi) is 3.93. The molecule has 0 aliphatic carbocycles. The van der Waals surface area contributed by atoms with E-state index in [-0.39, 0.29) is 17.6 Å². The number of nitro groups is 1. The lowest BCUT2D eigenvalue weighted by Crippen LogP contribution is -2.36. The van der Waals surface area contributed by atoms with E-state index in [0.29, 0.717) is 10.0 Å². The van der Waals surface area contributed by atoms with Crippen molar-refractivity contribution < 1.29 is 9.72 Å². The van der Waals surface area contributed by atoms with Crippen molar-refractivity contribution in [2.75, 3.05) is 13.1 Å². The lowest BCUT2D eigenvalue weighted by Gasteiger charge is -2.11. The van der Waals surface area contributed by atoms with Gasteiger partial charge in [0, 0.05) is 34.8 Å². The van der Waals surface area contributed by atoms with Crippen LogP contribution >= 0.6 is 15.9 Å². The van der Waals surface area contributed by atoms with Crippen LogP contribution in [-0.2, 0) is 0 Å². The van der Waals surface area contributed by atoms with Crippen molar-refractivity contribution in [3.63, 3.8) is 0 Å². The molecule has 1 fully saturated rings. The third kappa shape index (κ3) is 3.05. The Morgan fingerprint density at radius 1 is 1.50 bits per heavy atom. The van der Waals surface area contributed by atoms with Gasteiger partial charge in [-0.2, -0.15) is 0 Å². The molecule has 1 aromatic rings. The van der Waals surface area contributed by atoms with E-state index in [1.54, 1.807) is 6.07 Å². The van der Waals surface area contributed by atoms with Gasteiger partial charge >= 0.3 is 0 Å². The van der Waals surface area contributed by atoms with Gasteiger partial charge in [0.2, 0.25) is 0 Å². The predicted octanol–water partition coefficient (Wildman–Crippen LogP) is 1.45. The second kappa shape index (κ2) is 5.45. The number of halogens is 1. The van der Waals surface area contributed by atoms with Crippen molar-refractivity contribution in [3.05, 3.63) is 38.3 Å². The zero-order chi connectivity index (χ0) is 13.1. The molecule has 1 aliphatic heterocycles. The second-order valence-electron chi connectivity index (χ2n) is 4.12. The fourth-order valence-electron chi connectivity index (χ4n) is 1.86. The molecule has 2 rings (SSSR count). The van der Waals surface area contributed by atoms with Gasteiger partial charge in [-0.1, -0.05) is 15.9 Å². The number of hydrogen-bond donors (Lipinski definition) is 2. The third-order valence-corrected chi connectivity index (χ3v) is 3.21. The van der Waals surface area contributed by atoms with Crippen LogP contribution in [0.25, 0.3) is 0 Å². The normalized spacial score (nSPS) is 18.6. The Balaban J connectivity index is 2.16. The number of benzene rings is 1. The summed E-state index contributed by atoms with van der Waals surface area (Å²) in [5.41, 5.74) is 0.196. The maximum atomic E-state index is 11.9. The fraction of sp³-hybridized carbons (Fsp3) is 0.364. The zero-order valence-electron chi connectivity index (χ0n) is 9.48. The number of amides is 1. The Morgan fingerprint density at radius 2 is 2.28 bits per heavy atom. The molecule has 1 heterocycles. The number of rotatable bonds is 3. The summed E-state index contributed by atoms with van der Waals surface area (Å²) in [4.78, 5) is 22.1. The van der Waals surface area contributed by atoms with E-state index in [4.69, 9.17) is 0 Å². The molecule has 0 aromatic heterocycles. The molecule has 6 nitrogen and oxygen atoms in total. The topological polar surface area (TPSA) is 84.3 Å². The number of carbonyl (C=O) groups excluding carboxylic acids is 1. The largest absolute Gasteiger partial charge is 0.348 e. The van der Waals surface area contributed by atoms with Crippen molar-refractivity contribution in [1.82, 2.24) is 10.6 Å². The highest BCUT2D eigenvalue weighted by atomic mass is 79.9. The molecule has 1 amide bonds. The van der Waals surface area contributed by atoms with Gasteiger partial charge in [0.05, 0.1) is 4.92 Å². The average Bonchev–Trinajstić information content (AvgIpc) is 2.80. The van der Waals surface area contributed by atoms with Crippen LogP contribution in [-0.4, -0.2) is 30.0 Å². The van der Waals surface area contributed by atoms with Crippen LogP contribution in [0.5, 0.6) is 0 Å². The molecule has 0 unspecified atom stereocenters. The van der Waals surface area contributed by atoms with E-state index in [2.05, 4.69) is 26.6 Å². The van der Waals surface area contributed by atoms with Crippen LogP contribution < -0.4 is 10.6 Å². The molecule has 7 heteroatoms. The number of nitro benzene ring substituents is 1. The Morgan fingerprint density at radius 3 is 2.89 bits per heavy atom. The average molecular weight is 314 g/mol. The highest BCUT2D eigenvalue weighted by Gasteiger charge is 2.19. The van der Waals surface area contributed by atoms with Crippen molar-refractivity contribution in [3.8, 4) is 0 Å². The Labute approximate surface area is 112 Å². The molecule has 1 saturated heterocycles. The maximum Gasteiger partial charge on any atom is 0.271 e. The van der Waals surface area contributed by atoms with Gasteiger partial charge < -0.3 is 10.6 Å². The Hall–Kier alpha value is -1.47. The SMILES string of the molecule is O=C(N[C@H]1CCNC1)c1cc(Br)cc([N+](=O)[O-])c1. The summed E-state index contributed by atoms with van der Waals surface area (Å²) in [7, 11) is 0. The van der Waals surface area contributed by atoms with Crippen molar-refractivity contribution >= 4 is 27.5 Å². The highest BCUT2D eigenvalue weighted by Crippen LogP contribution is 2.21. The molecule has 96 valence electrons. The lowest BCUT2D eigenvalue weighted by atomic mass is 10.1. The first-order chi connectivity index (χ1) is 8.56. The zero-order valence-corrected chi connectivity index (χ0v) is 11.1. The molecule has 18 heavy (non-hydrogen) atoms. The van der Waals surface area contributed by atoms with Crippen LogP contribution in [0.4, 0.5) is 5.69 Å². The van der Waals surface area contributed by atoms with E-state index in [1.807, 2.05) is 0 Å². The summed E-state index contributed by atoms with van der Waals surface area (Å²) in [5, 5.41) is 16.7. The minimum absolute atomic E-state index is 0.0931. The van der Waals surface area contributed by atoms with Gasteiger partial charge in [-0.15, -0.1) is 0 Å². The van der Waals surface area contributed by atoms with E-state index < -0.39 is 4.92 Å². The predicted molar refractivity (Wildman–Crippen MR) is 69.5 cm³/mol. The van der Waals surface area contributed by atoms with Gasteiger partial charge in [0.1, 0.15) is 0 Å². The quantitative estimate of drug-likeness (QED) is 0.653. The van der Waals surface area contributed by atoms with E-state index in [0.717, 1.165) is 19.5 Å². The minimum Gasteiger partial charge on any atom is -0.348 e. The van der Waals surface area contributed by atoms with E-state index in [1.165, 1.54) is 12.1 Å². The van der Waals surface area contributed by atoms with Crippen LogP contribution in [0.15, 0.2) is 22.7 Å². The smallest absolute Gasteiger partial charge is 0.271 e. The summed E-state index contributed by atoms with van der Waals surface area (Å²) >= 11 is 3.17. The van der Waals surface area contributed by atoms with Gasteiger partial charge in [-0.05, 0) is 19.0 Å². The number of nitrogens with zero attached hydrogens (tertiary/aromatic N) is 1. The van der Waals surface area contributed by atoms with Crippen LogP contribution in [0.2, 0.25) is 0 Å². The van der Waals surface area contributed by atoms with E-state index in [9.17, 15) is 14.9 Å². The third-order valence-electron chi connectivity index (χ3n) is 2.75. The molecule has 0 bridgehead atoms. The van der Waals surface area contributed by atoms with Crippen LogP contribution in [0.3, 0.4) is 0 Å². The molecule has 0 saturated carbocycles. The van der Waals surface area contributed by atoms with Gasteiger partial charge in [-0.25, -0.2) is 0 Å². The molecule has 2 N–H and O–H groups in total. The monoisotopic (exact) mass is 313 g/mol. The first-order valence-corrected chi connectivity index (χ1v) is 6.32. The van der Waals surface area contributed by atoms with Crippen molar-refractivity contribution in [1.29, 1.82) is 0 Å². The van der Waals surface area contributed by atoms with Gasteiger partial charge in [-0.3, -0.25) is 14.9 Å². The fourth-order valence-corrected chi connectivity index (χ4v) is 2.34. The molecule has 0 spiro atoms. The summed E-state index contributed by atoms with van der Waals surface area (Å²) in [6.07, 6.45) is 0.877. The molecule has 1 atom stereocenters. The second-order valence-corrected chi connectivity index (χ2v) is 5.03. The first kappa shape index (κ1) is 13.0. The highest BCUT2D eigenvalue weighted by molar-refractivity contribution is 9.10. The standard InChI is InChI=1S/C11H12BrN3O3/c12-8-3-7(4-10(5-8)15(17)18)11(16)14-9-1-2-13-6-9/h3-5,9,13H,1-2,6H2,(H,14,16)/t9-/m0/s1. The molecule has 1 aliphatic rings. The molecule has 1 aromatic carbocycles. The summed E-state index contributed by atoms with van der Waals surface area (Å²) in [5.74, 6) is -0.284. The number of nitrogens with one attached hydrogen (secondary N) is 2. The number of carbonyl (C=O) groups is 1. The number of hydrogen-bond acceptors (Lipinski definition) is 4. The Bertz CT molecular complexity index is 486. The van der Waals surface area contributed by atoms with Crippen LogP contribution in [0, 0.1) is 10.1 Å². The first-order valence-electron chi connectivity index (χ1n) is 5.53. The van der Waals surface area contributed by atoms with Gasteiger partial charge in [0.15, 0.2) is 0 Å². The summed E-state index contributed by atoms with van der Waals surface area (Å²) in [6.45, 7) is 1.62. The van der Waals surface area contributed by atoms with Crippen molar-refractivity contribution in [2.45, 2.75) is 12.5 Å².